The van der Waals surface area contributed by atoms with Gasteiger partial charge in [-0.3, -0.25) is 0 Å². The van der Waals surface area contributed by atoms with Crippen LogP contribution in [0.3, 0.4) is 0 Å². The number of rotatable bonds is 1. The minimum absolute atomic E-state index is 0.217. The highest BCUT2D eigenvalue weighted by atomic mass is 79.9. The van der Waals surface area contributed by atoms with Crippen molar-refractivity contribution in [1.29, 1.82) is 5.26 Å². The molecule has 0 saturated heterocycles. The van der Waals surface area contributed by atoms with E-state index in [1.807, 2.05) is 0 Å². The van der Waals surface area contributed by atoms with Gasteiger partial charge in [-0.1, -0.05) is 23.7 Å². The normalized spacial score (nSPS) is 11.1. The highest BCUT2D eigenvalue weighted by molar-refractivity contribution is 9.10. The molecule has 1 aromatic rings. The third-order valence-electron chi connectivity index (χ3n) is 1.40. The summed E-state index contributed by atoms with van der Waals surface area (Å²) in [6, 6.07) is 6.24. The zero-order valence-corrected chi connectivity index (χ0v) is 8.73. The molecular formula is C9H4BrClFN. The van der Waals surface area contributed by atoms with E-state index >= 15 is 0 Å². The number of hydrogen-bond donors (Lipinski definition) is 0. The Kier molecular flexibility index (Phi) is 3.47. The van der Waals surface area contributed by atoms with E-state index in [2.05, 4.69) is 15.9 Å². The van der Waals surface area contributed by atoms with Gasteiger partial charge in [0.2, 0.25) is 0 Å². The molecular weight excluding hydrogens is 256 g/mol. The number of nitriles is 1. The van der Waals surface area contributed by atoms with E-state index in [0.717, 1.165) is 6.08 Å². The SMILES string of the molecule is N#C/C=C(\Cl)c1cccc(F)c1Br. The average Bonchev–Trinajstić information content (AvgIpc) is 2.10. The molecule has 0 spiro atoms. The number of hydrogen-bond acceptors (Lipinski definition) is 1. The van der Waals surface area contributed by atoms with Crippen molar-refractivity contribution < 1.29 is 4.39 Å². The lowest BCUT2D eigenvalue weighted by Crippen LogP contribution is -1.84. The van der Waals surface area contributed by atoms with Crippen molar-refractivity contribution in [2.24, 2.45) is 0 Å². The Labute approximate surface area is 88.6 Å². The van der Waals surface area contributed by atoms with Gasteiger partial charge in [0.25, 0.3) is 0 Å². The predicted octanol–water partition coefficient (Wildman–Crippen LogP) is 3.69. The van der Waals surface area contributed by atoms with Crippen LogP contribution in [-0.4, -0.2) is 0 Å². The summed E-state index contributed by atoms with van der Waals surface area (Å²) in [7, 11) is 0. The summed E-state index contributed by atoms with van der Waals surface area (Å²) in [6.07, 6.45) is 1.15. The van der Waals surface area contributed by atoms with Gasteiger partial charge in [0.15, 0.2) is 0 Å². The first-order valence-electron chi connectivity index (χ1n) is 3.36. The number of halogens is 3. The second-order valence-electron chi connectivity index (χ2n) is 2.22. The minimum Gasteiger partial charge on any atom is -0.206 e. The Morgan fingerprint density at radius 2 is 2.31 bits per heavy atom. The third kappa shape index (κ3) is 2.30. The van der Waals surface area contributed by atoms with E-state index in [1.165, 1.54) is 12.1 Å². The number of nitrogens with zero attached hydrogens (tertiary/aromatic N) is 1. The maximum Gasteiger partial charge on any atom is 0.138 e. The molecule has 0 aliphatic carbocycles. The minimum atomic E-state index is -0.401. The van der Waals surface area contributed by atoms with E-state index < -0.39 is 5.82 Å². The molecule has 13 heavy (non-hydrogen) atoms. The molecule has 0 fully saturated rings. The Balaban J connectivity index is 3.25. The molecule has 0 amide bonds. The first-order valence-corrected chi connectivity index (χ1v) is 4.53. The molecule has 0 aromatic heterocycles. The summed E-state index contributed by atoms with van der Waals surface area (Å²) in [4.78, 5) is 0. The van der Waals surface area contributed by atoms with Crippen molar-refractivity contribution in [3.05, 3.63) is 40.1 Å². The van der Waals surface area contributed by atoms with Crippen LogP contribution >= 0.6 is 27.5 Å². The van der Waals surface area contributed by atoms with Gasteiger partial charge in [0, 0.05) is 11.6 Å². The van der Waals surface area contributed by atoms with Crippen LogP contribution in [0.25, 0.3) is 5.03 Å². The first kappa shape index (κ1) is 10.2. The van der Waals surface area contributed by atoms with E-state index in [4.69, 9.17) is 16.9 Å². The van der Waals surface area contributed by atoms with E-state index in [9.17, 15) is 4.39 Å². The lowest BCUT2D eigenvalue weighted by atomic mass is 10.2. The van der Waals surface area contributed by atoms with Gasteiger partial charge in [-0.25, -0.2) is 4.39 Å². The van der Waals surface area contributed by atoms with Crippen molar-refractivity contribution in [3.63, 3.8) is 0 Å². The van der Waals surface area contributed by atoms with E-state index in [-0.39, 0.29) is 9.51 Å². The molecule has 0 atom stereocenters. The summed E-state index contributed by atoms with van der Waals surface area (Å²) in [6.45, 7) is 0. The molecule has 0 unspecified atom stereocenters. The smallest absolute Gasteiger partial charge is 0.138 e. The number of allylic oxidation sites excluding steroid dienone is 1. The summed E-state index contributed by atoms with van der Waals surface area (Å²) in [5.74, 6) is -0.401. The maximum absolute atomic E-state index is 13.0. The highest BCUT2D eigenvalue weighted by Gasteiger charge is 2.07. The molecule has 0 saturated carbocycles. The Hall–Kier alpha value is -0.850. The molecule has 0 aliphatic heterocycles. The molecule has 0 aliphatic rings. The zero-order chi connectivity index (χ0) is 9.84. The van der Waals surface area contributed by atoms with Crippen LogP contribution in [0.5, 0.6) is 0 Å². The second kappa shape index (κ2) is 4.40. The Bertz CT molecular complexity index is 395. The largest absolute Gasteiger partial charge is 0.206 e. The lowest BCUT2D eigenvalue weighted by Gasteiger charge is -2.01. The topological polar surface area (TPSA) is 23.8 Å². The van der Waals surface area contributed by atoms with Crippen LogP contribution in [-0.2, 0) is 0 Å². The molecule has 0 N–H and O–H groups in total. The molecule has 4 heteroatoms. The Morgan fingerprint density at radius 3 is 2.92 bits per heavy atom. The molecule has 0 bridgehead atoms. The van der Waals surface area contributed by atoms with Crippen molar-refractivity contribution in [2.45, 2.75) is 0 Å². The summed E-state index contributed by atoms with van der Waals surface area (Å²) in [5.41, 5.74) is 0.475. The molecule has 1 rings (SSSR count). The first-order chi connectivity index (χ1) is 6.16. The summed E-state index contributed by atoms with van der Waals surface area (Å²) < 4.78 is 13.2. The van der Waals surface area contributed by atoms with Crippen LogP contribution in [0.15, 0.2) is 28.7 Å². The quantitative estimate of drug-likeness (QED) is 0.707. The molecule has 1 aromatic carbocycles. The monoisotopic (exact) mass is 259 g/mol. The van der Waals surface area contributed by atoms with Gasteiger partial charge in [-0.2, -0.15) is 5.26 Å². The van der Waals surface area contributed by atoms with Crippen LogP contribution in [0.2, 0.25) is 0 Å². The van der Waals surface area contributed by atoms with Crippen LogP contribution in [0.4, 0.5) is 4.39 Å². The van der Waals surface area contributed by atoms with Gasteiger partial charge in [0.05, 0.1) is 15.6 Å². The zero-order valence-electron chi connectivity index (χ0n) is 6.39. The lowest BCUT2D eigenvalue weighted by molar-refractivity contribution is 0.620. The summed E-state index contributed by atoms with van der Waals surface area (Å²) in [5, 5.41) is 8.55. The number of benzene rings is 1. The van der Waals surface area contributed by atoms with Crippen molar-refractivity contribution in [1.82, 2.24) is 0 Å². The van der Waals surface area contributed by atoms with Crippen LogP contribution in [0.1, 0.15) is 5.56 Å². The maximum atomic E-state index is 13.0. The van der Waals surface area contributed by atoms with E-state index in [0.29, 0.717) is 5.56 Å². The van der Waals surface area contributed by atoms with Crippen LogP contribution in [0, 0.1) is 17.1 Å². The van der Waals surface area contributed by atoms with Crippen molar-refractivity contribution in [3.8, 4) is 6.07 Å². The standard InChI is InChI=1S/C9H4BrClFN/c10-9-6(7(11)4-5-13)2-1-3-8(9)12/h1-4H/b7-4-. The highest BCUT2D eigenvalue weighted by Crippen LogP contribution is 2.28. The Morgan fingerprint density at radius 1 is 1.62 bits per heavy atom. The van der Waals surface area contributed by atoms with Gasteiger partial charge < -0.3 is 0 Å². The second-order valence-corrected chi connectivity index (χ2v) is 3.42. The average molecular weight is 260 g/mol. The van der Waals surface area contributed by atoms with Crippen molar-refractivity contribution in [2.75, 3.05) is 0 Å². The fraction of sp³-hybridized carbons (Fsp3) is 0. The fourth-order valence-electron chi connectivity index (χ4n) is 0.823. The van der Waals surface area contributed by atoms with Gasteiger partial charge in [0.1, 0.15) is 5.82 Å². The fourth-order valence-corrected chi connectivity index (χ4v) is 1.62. The molecule has 66 valence electrons. The predicted molar refractivity (Wildman–Crippen MR) is 53.5 cm³/mol. The molecule has 1 nitrogen and oxygen atoms in total. The molecule has 0 heterocycles. The third-order valence-corrected chi connectivity index (χ3v) is 2.52. The van der Waals surface area contributed by atoms with Gasteiger partial charge >= 0.3 is 0 Å². The van der Waals surface area contributed by atoms with Crippen LogP contribution < -0.4 is 0 Å². The van der Waals surface area contributed by atoms with E-state index in [1.54, 1.807) is 12.1 Å². The summed E-state index contributed by atoms with van der Waals surface area (Å²) >= 11 is 8.77. The van der Waals surface area contributed by atoms with Gasteiger partial charge in [-0.15, -0.1) is 0 Å². The van der Waals surface area contributed by atoms with Gasteiger partial charge in [-0.05, 0) is 22.0 Å². The molecule has 0 radical (unpaired) electrons. The van der Waals surface area contributed by atoms with Crippen molar-refractivity contribution >= 4 is 32.6 Å².